The third kappa shape index (κ3) is 3.90. The van der Waals surface area contributed by atoms with Crippen molar-refractivity contribution in [2.75, 3.05) is 19.6 Å². The van der Waals surface area contributed by atoms with Crippen molar-refractivity contribution in [3.05, 3.63) is 35.9 Å². The first-order valence-corrected chi connectivity index (χ1v) is 5.30. The highest BCUT2D eigenvalue weighted by atomic mass is 14.9. The first-order chi connectivity index (χ1) is 6.84. The topological polar surface area (TPSA) is 38.0 Å². The highest BCUT2D eigenvalue weighted by Gasteiger charge is 2.02. The molecule has 0 aliphatic rings. The lowest BCUT2D eigenvalue weighted by Crippen LogP contribution is -2.22. The molecule has 0 aliphatic heterocycles. The maximum Gasteiger partial charge on any atom is 0.00174 e. The minimum absolute atomic E-state index is 0.578. The molecule has 0 heterocycles. The Morgan fingerprint density at radius 3 is 2.64 bits per heavy atom. The lowest BCUT2D eigenvalue weighted by Gasteiger charge is -2.12. The van der Waals surface area contributed by atoms with Crippen LogP contribution in [0.3, 0.4) is 0 Å². The number of nitrogens with one attached hydrogen (secondary N) is 1. The Kier molecular flexibility index (Phi) is 5.27. The van der Waals surface area contributed by atoms with Crippen LogP contribution in [0.15, 0.2) is 30.3 Å². The maximum atomic E-state index is 5.42. The molecule has 0 aliphatic carbocycles. The third-order valence-electron chi connectivity index (χ3n) is 2.38. The van der Waals surface area contributed by atoms with E-state index in [2.05, 4.69) is 42.6 Å². The number of rotatable bonds is 6. The molecule has 1 atom stereocenters. The van der Waals surface area contributed by atoms with E-state index in [1.54, 1.807) is 0 Å². The predicted octanol–water partition coefficient (Wildman–Crippen LogP) is 1.73. The Morgan fingerprint density at radius 1 is 1.29 bits per heavy atom. The van der Waals surface area contributed by atoms with Crippen LogP contribution in [0.5, 0.6) is 0 Å². The zero-order valence-corrected chi connectivity index (χ0v) is 8.87. The van der Waals surface area contributed by atoms with Crippen LogP contribution < -0.4 is 11.1 Å². The van der Waals surface area contributed by atoms with E-state index in [9.17, 15) is 0 Å². The quantitative estimate of drug-likeness (QED) is 0.674. The van der Waals surface area contributed by atoms with Gasteiger partial charge in [0.25, 0.3) is 0 Å². The van der Waals surface area contributed by atoms with Gasteiger partial charge in [-0.15, -0.1) is 0 Å². The zero-order chi connectivity index (χ0) is 10.2. The monoisotopic (exact) mass is 192 g/mol. The summed E-state index contributed by atoms with van der Waals surface area (Å²) in [6.45, 7) is 5.06. The lowest BCUT2D eigenvalue weighted by molar-refractivity contribution is 0.599. The van der Waals surface area contributed by atoms with Gasteiger partial charge in [-0.2, -0.15) is 0 Å². The van der Waals surface area contributed by atoms with Crippen molar-refractivity contribution in [1.29, 1.82) is 0 Å². The fourth-order valence-electron chi connectivity index (χ4n) is 1.45. The SMILES string of the molecule is CC(CNCCCN)c1ccccc1. The van der Waals surface area contributed by atoms with Crippen molar-refractivity contribution in [3.63, 3.8) is 0 Å². The van der Waals surface area contributed by atoms with Gasteiger partial charge >= 0.3 is 0 Å². The van der Waals surface area contributed by atoms with E-state index in [0.717, 1.165) is 26.1 Å². The van der Waals surface area contributed by atoms with Crippen molar-refractivity contribution < 1.29 is 0 Å². The van der Waals surface area contributed by atoms with Crippen LogP contribution in [0, 0.1) is 0 Å². The van der Waals surface area contributed by atoms with Crippen molar-refractivity contribution in [3.8, 4) is 0 Å². The zero-order valence-electron chi connectivity index (χ0n) is 8.87. The average molecular weight is 192 g/mol. The molecule has 2 heteroatoms. The molecule has 0 saturated heterocycles. The first-order valence-electron chi connectivity index (χ1n) is 5.30. The minimum atomic E-state index is 0.578. The molecule has 1 aromatic rings. The smallest absolute Gasteiger partial charge is 0.00174 e. The second-order valence-corrected chi connectivity index (χ2v) is 3.66. The van der Waals surface area contributed by atoms with Gasteiger partial charge in [0.2, 0.25) is 0 Å². The van der Waals surface area contributed by atoms with Crippen molar-refractivity contribution in [2.24, 2.45) is 5.73 Å². The van der Waals surface area contributed by atoms with Gasteiger partial charge in [-0.1, -0.05) is 37.3 Å². The van der Waals surface area contributed by atoms with Gasteiger partial charge in [-0.05, 0) is 31.0 Å². The van der Waals surface area contributed by atoms with Gasteiger partial charge in [0.15, 0.2) is 0 Å². The Labute approximate surface area is 86.5 Å². The van der Waals surface area contributed by atoms with E-state index >= 15 is 0 Å². The first kappa shape index (κ1) is 11.2. The maximum absolute atomic E-state index is 5.42. The average Bonchev–Trinajstić information content (AvgIpc) is 2.25. The predicted molar refractivity (Wildman–Crippen MR) is 61.4 cm³/mol. The summed E-state index contributed by atoms with van der Waals surface area (Å²) >= 11 is 0. The Hall–Kier alpha value is -0.860. The molecule has 0 aromatic heterocycles. The van der Waals surface area contributed by atoms with Crippen LogP contribution in [0.2, 0.25) is 0 Å². The molecule has 2 nitrogen and oxygen atoms in total. The summed E-state index contributed by atoms with van der Waals surface area (Å²) in [6.07, 6.45) is 1.06. The summed E-state index contributed by atoms with van der Waals surface area (Å²) in [5.41, 5.74) is 6.81. The van der Waals surface area contributed by atoms with Gasteiger partial charge in [0, 0.05) is 6.54 Å². The lowest BCUT2D eigenvalue weighted by atomic mass is 10.0. The minimum Gasteiger partial charge on any atom is -0.330 e. The Bertz CT molecular complexity index is 233. The largest absolute Gasteiger partial charge is 0.330 e. The van der Waals surface area contributed by atoms with Gasteiger partial charge in [-0.25, -0.2) is 0 Å². The molecule has 3 N–H and O–H groups in total. The molecule has 0 bridgehead atoms. The van der Waals surface area contributed by atoms with E-state index in [1.165, 1.54) is 5.56 Å². The number of nitrogens with two attached hydrogens (primary N) is 1. The highest BCUT2D eigenvalue weighted by molar-refractivity contribution is 5.18. The molecular weight excluding hydrogens is 172 g/mol. The molecule has 1 rings (SSSR count). The summed E-state index contributed by atoms with van der Waals surface area (Å²) in [5.74, 6) is 0.578. The van der Waals surface area contributed by atoms with Crippen molar-refractivity contribution in [2.45, 2.75) is 19.3 Å². The van der Waals surface area contributed by atoms with Crippen LogP contribution in [0.1, 0.15) is 24.8 Å². The summed E-state index contributed by atoms with van der Waals surface area (Å²) in [4.78, 5) is 0. The Morgan fingerprint density at radius 2 is 2.00 bits per heavy atom. The molecule has 1 aromatic carbocycles. The van der Waals surface area contributed by atoms with Crippen LogP contribution in [-0.4, -0.2) is 19.6 Å². The molecule has 0 fully saturated rings. The fraction of sp³-hybridized carbons (Fsp3) is 0.500. The van der Waals surface area contributed by atoms with Crippen LogP contribution >= 0.6 is 0 Å². The fourth-order valence-corrected chi connectivity index (χ4v) is 1.45. The summed E-state index contributed by atoms with van der Waals surface area (Å²) < 4.78 is 0. The van der Waals surface area contributed by atoms with Crippen molar-refractivity contribution in [1.82, 2.24) is 5.32 Å². The van der Waals surface area contributed by atoms with E-state index < -0.39 is 0 Å². The summed E-state index contributed by atoms with van der Waals surface area (Å²) in [5, 5.41) is 3.40. The van der Waals surface area contributed by atoms with E-state index in [-0.39, 0.29) is 0 Å². The second kappa shape index (κ2) is 6.57. The van der Waals surface area contributed by atoms with E-state index in [0.29, 0.717) is 5.92 Å². The normalized spacial score (nSPS) is 12.7. The molecule has 78 valence electrons. The second-order valence-electron chi connectivity index (χ2n) is 3.66. The highest BCUT2D eigenvalue weighted by Crippen LogP contribution is 2.12. The van der Waals surface area contributed by atoms with Crippen LogP contribution in [0.25, 0.3) is 0 Å². The summed E-state index contributed by atoms with van der Waals surface area (Å²) in [7, 11) is 0. The van der Waals surface area contributed by atoms with Gasteiger partial charge < -0.3 is 11.1 Å². The Balaban J connectivity index is 2.25. The number of hydrogen-bond donors (Lipinski definition) is 2. The molecular formula is C12H20N2. The van der Waals surface area contributed by atoms with Gasteiger partial charge in [0.1, 0.15) is 0 Å². The van der Waals surface area contributed by atoms with Gasteiger partial charge in [-0.3, -0.25) is 0 Å². The molecule has 0 radical (unpaired) electrons. The van der Waals surface area contributed by atoms with Crippen molar-refractivity contribution >= 4 is 0 Å². The molecule has 0 spiro atoms. The van der Waals surface area contributed by atoms with E-state index in [4.69, 9.17) is 5.73 Å². The standard InChI is InChI=1S/C12H20N2/c1-11(10-14-9-5-8-13)12-6-3-2-4-7-12/h2-4,6-7,11,14H,5,8-10,13H2,1H3. The number of benzene rings is 1. The molecule has 0 amide bonds. The van der Waals surface area contributed by atoms with Gasteiger partial charge in [0.05, 0.1) is 0 Å². The number of hydrogen-bond acceptors (Lipinski definition) is 2. The van der Waals surface area contributed by atoms with E-state index in [1.807, 2.05) is 0 Å². The third-order valence-corrected chi connectivity index (χ3v) is 2.38. The summed E-state index contributed by atoms with van der Waals surface area (Å²) in [6, 6.07) is 10.6. The molecule has 14 heavy (non-hydrogen) atoms. The van der Waals surface area contributed by atoms with Crippen LogP contribution in [0.4, 0.5) is 0 Å². The van der Waals surface area contributed by atoms with Crippen LogP contribution in [-0.2, 0) is 0 Å². The molecule has 1 unspecified atom stereocenters. The molecule has 0 saturated carbocycles.